The van der Waals surface area contributed by atoms with Crippen molar-refractivity contribution in [1.82, 2.24) is 9.47 Å². The minimum absolute atomic E-state index is 0.0166. The van der Waals surface area contributed by atoms with Crippen molar-refractivity contribution in [3.05, 3.63) is 75.7 Å². The number of rotatable bonds is 15. The fraction of sp³-hybridized carbons (Fsp3) is 0.500. The molecule has 0 saturated carbocycles. The number of esters is 1. The van der Waals surface area contributed by atoms with Gasteiger partial charge in [-0.2, -0.15) is 13.2 Å². The zero-order valence-corrected chi connectivity index (χ0v) is 31.5. The third-order valence-electron chi connectivity index (χ3n) is 9.00. The molecule has 51 heavy (non-hydrogen) atoms. The molecule has 0 spiro atoms. The molecule has 1 unspecified atom stereocenters. The van der Waals surface area contributed by atoms with Crippen LogP contribution in [0.1, 0.15) is 58.1 Å². The smallest absolute Gasteiger partial charge is 0.422 e. The highest BCUT2D eigenvalue weighted by atomic mass is 79.9. The summed E-state index contributed by atoms with van der Waals surface area (Å²) in [6.45, 7) is 6.96. The zero-order chi connectivity index (χ0) is 37.5. The van der Waals surface area contributed by atoms with Gasteiger partial charge in [0, 0.05) is 64.7 Å². The first-order valence-electron chi connectivity index (χ1n) is 17.0. The van der Waals surface area contributed by atoms with Crippen LogP contribution < -0.4 is 14.2 Å². The van der Waals surface area contributed by atoms with E-state index in [4.69, 9.17) is 18.9 Å². The van der Waals surface area contributed by atoms with Crippen molar-refractivity contribution < 1.29 is 46.4 Å². The van der Waals surface area contributed by atoms with E-state index in [1.54, 1.807) is 79.6 Å². The number of hydrogen-bond donors (Lipinski definition) is 1. The summed E-state index contributed by atoms with van der Waals surface area (Å²) in [6.07, 6.45) is 0.579. The van der Waals surface area contributed by atoms with Crippen molar-refractivity contribution in [3.63, 3.8) is 0 Å². The van der Waals surface area contributed by atoms with Gasteiger partial charge in [0.2, 0.25) is 11.4 Å². The summed E-state index contributed by atoms with van der Waals surface area (Å²) in [4.78, 5) is 13.5. The third-order valence-corrected chi connectivity index (χ3v) is 9.49. The Morgan fingerprint density at radius 2 is 1.75 bits per heavy atom. The van der Waals surface area contributed by atoms with Gasteiger partial charge in [0.05, 0.1) is 27.4 Å². The van der Waals surface area contributed by atoms with Gasteiger partial charge in [0.25, 0.3) is 0 Å². The largest absolute Gasteiger partial charge is 0.493 e. The number of likely N-dealkylation sites (tertiary alicyclic amines) is 1. The number of carbonyl (C=O) groups excluding carboxylic acids is 1. The Morgan fingerprint density at radius 1 is 1.10 bits per heavy atom. The number of β-amino-alcohol motifs (C(OH)–C–C–N with tert-alkyl or cyclic N) is 1. The Hall–Kier alpha value is -3.55. The fourth-order valence-corrected chi connectivity index (χ4v) is 6.72. The molecular formula is C38H47BrF4N2O6. The average molecular weight is 784 g/mol. The first-order valence-corrected chi connectivity index (χ1v) is 17.8. The number of piperidine rings is 1. The molecular weight excluding hydrogens is 736 g/mol. The Bertz CT molecular complexity index is 1700. The van der Waals surface area contributed by atoms with Gasteiger partial charge in [-0.25, -0.2) is 4.39 Å². The summed E-state index contributed by atoms with van der Waals surface area (Å²) in [6, 6.07) is 8.37. The molecule has 0 bridgehead atoms. The van der Waals surface area contributed by atoms with Gasteiger partial charge in [0.1, 0.15) is 11.9 Å². The van der Waals surface area contributed by atoms with E-state index in [1.165, 1.54) is 20.4 Å². The first kappa shape index (κ1) is 40.2. The number of allylic oxidation sites excluding steroid dienone is 4. The number of aryl methyl sites for hydroxylation is 1. The summed E-state index contributed by atoms with van der Waals surface area (Å²) in [5.41, 5.74) is -1.95. The van der Waals surface area contributed by atoms with Gasteiger partial charge in [-0.3, -0.25) is 9.69 Å². The highest BCUT2D eigenvalue weighted by Gasteiger charge is 2.57. The van der Waals surface area contributed by atoms with Crippen molar-refractivity contribution in [2.75, 3.05) is 40.5 Å². The maximum Gasteiger partial charge on any atom is 0.422 e. The number of ether oxygens (including phenoxy) is 4. The van der Waals surface area contributed by atoms with Gasteiger partial charge < -0.3 is 28.6 Å². The molecule has 8 nitrogen and oxygen atoms in total. The molecule has 280 valence electrons. The van der Waals surface area contributed by atoms with E-state index in [2.05, 4.69) is 15.9 Å². The molecule has 3 aromatic rings. The number of benzene rings is 2. The van der Waals surface area contributed by atoms with E-state index in [0.717, 1.165) is 5.56 Å². The van der Waals surface area contributed by atoms with Gasteiger partial charge in [0.15, 0.2) is 11.5 Å². The lowest BCUT2D eigenvalue weighted by molar-refractivity contribution is -0.272. The summed E-state index contributed by atoms with van der Waals surface area (Å²) in [5, 5.41) is 11.9. The molecule has 0 amide bonds. The monoisotopic (exact) mass is 782 g/mol. The first-order chi connectivity index (χ1) is 24.1. The molecule has 1 aliphatic rings. The zero-order valence-electron chi connectivity index (χ0n) is 29.9. The summed E-state index contributed by atoms with van der Waals surface area (Å²) < 4.78 is 84.9. The molecule has 1 atom stereocenters. The number of hydrogen-bond acceptors (Lipinski definition) is 7. The van der Waals surface area contributed by atoms with E-state index in [1.807, 2.05) is 0 Å². The van der Waals surface area contributed by atoms with Crippen LogP contribution in [0.2, 0.25) is 0 Å². The van der Waals surface area contributed by atoms with Crippen molar-refractivity contribution in [2.24, 2.45) is 5.92 Å². The van der Waals surface area contributed by atoms with Crippen LogP contribution in [-0.2, 0) is 28.1 Å². The molecule has 1 fully saturated rings. The van der Waals surface area contributed by atoms with E-state index in [0.29, 0.717) is 58.7 Å². The minimum atomic E-state index is -5.02. The number of carbonyl (C=O) groups is 1. The molecule has 1 aliphatic heterocycles. The quantitative estimate of drug-likeness (QED) is 0.0939. The molecule has 0 aliphatic carbocycles. The second-order valence-electron chi connectivity index (χ2n) is 12.9. The maximum atomic E-state index is 15.2. The molecule has 1 aromatic heterocycles. The maximum absolute atomic E-state index is 15.2. The number of methoxy groups -OCH3 is 2. The SMILES string of the molecule is C/C=C\C(Cn1cc(C(O)(CN2CCC(Oc3c(OC)cc(CCC(=O)OCC)cc3OC)CC2)C(F)(F)F)c2ccc(Br)cc21)=C(\F)C(C)C. The minimum Gasteiger partial charge on any atom is -0.493 e. The average Bonchev–Trinajstić information content (AvgIpc) is 3.44. The Morgan fingerprint density at radius 3 is 2.29 bits per heavy atom. The lowest BCUT2D eigenvalue weighted by Crippen LogP contribution is -2.53. The fourth-order valence-electron chi connectivity index (χ4n) is 6.37. The third kappa shape index (κ3) is 9.47. The molecule has 2 heterocycles. The molecule has 13 heteroatoms. The van der Waals surface area contributed by atoms with Crippen LogP contribution in [0.15, 0.2) is 64.6 Å². The van der Waals surface area contributed by atoms with Crippen LogP contribution >= 0.6 is 15.9 Å². The van der Waals surface area contributed by atoms with E-state index >= 15 is 17.6 Å². The van der Waals surface area contributed by atoms with E-state index < -0.39 is 24.2 Å². The number of aromatic nitrogens is 1. The second-order valence-corrected chi connectivity index (χ2v) is 13.9. The van der Waals surface area contributed by atoms with Gasteiger partial charge in [-0.1, -0.05) is 48.0 Å². The number of fused-ring (bicyclic) bond motifs is 1. The van der Waals surface area contributed by atoms with Crippen LogP contribution in [0.5, 0.6) is 17.2 Å². The number of halogens is 5. The standard InChI is InChI=1S/C38H47BrF4N2O6/c1-7-9-26(35(40)24(3)4)21-45-22-30(29-12-11-27(39)20-31(29)45)37(47,38(41,42)43)23-44-16-14-28(15-17-44)51-36-32(48-5)18-25(19-33(36)49-6)10-13-34(46)50-8-2/h7,9,11-12,18-20,22,24,28,47H,8,10,13-17,21,23H2,1-6H3/b9-7-,35-26-. The van der Waals surface area contributed by atoms with Gasteiger partial charge >= 0.3 is 12.1 Å². The lowest BCUT2D eigenvalue weighted by Gasteiger charge is -2.39. The van der Waals surface area contributed by atoms with Crippen LogP contribution in [0, 0.1) is 5.92 Å². The van der Waals surface area contributed by atoms with Crippen molar-refractivity contribution >= 4 is 32.8 Å². The normalized spacial score (nSPS) is 16.4. The Labute approximate surface area is 305 Å². The molecule has 4 rings (SSSR count). The van der Waals surface area contributed by atoms with Gasteiger partial charge in [-0.15, -0.1) is 0 Å². The van der Waals surface area contributed by atoms with Crippen molar-refractivity contribution in [1.29, 1.82) is 0 Å². The van der Waals surface area contributed by atoms with Crippen LogP contribution in [-0.4, -0.2) is 73.3 Å². The number of alkyl halides is 3. The number of nitrogens with zero attached hydrogens (tertiary/aromatic N) is 2. The highest BCUT2D eigenvalue weighted by Crippen LogP contribution is 2.45. The lowest BCUT2D eigenvalue weighted by atomic mass is 9.91. The molecule has 2 aromatic carbocycles. The van der Waals surface area contributed by atoms with E-state index in [9.17, 15) is 9.90 Å². The van der Waals surface area contributed by atoms with Crippen LogP contribution in [0.25, 0.3) is 10.9 Å². The summed E-state index contributed by atoms with van der Waals surface area (Å²) in [7, 11) is 2.98. The second kappa shape index (κ2) is 17.3. The van der Waals surface area contributed by atoms with Crippen molar-refractivity contribution in [2.45, 2.75) is 77.8 Å². The molecule has 0 radical (unpaired) electrons. The predicted molar refractivity (Wildman–Crippen MR) is 192 cm³/mol. The highest BCUT2D eigenvalue weighted by molar-refractivity contribution is 9.10. The predicted octanol–water partition coefficient (Wildman–Crippen LogP) is 8.67. The van der Waals surface area contributed by atoms with Gasteiger partial charge in [-0.05, 0) is 62.9 Å². The van der Waals surface area contributed by atoms with Crippen molar-refractivity contribution in [3.8, 4) is 17.2 Å². The Balaban J connectivity index is 1.57. The Kier molecular flexibility index (Phi) is 13.7. The van der Waals surface area contributed by atoms with Crippen LogP contribution in [0.4, 0.5) is 17.6 Å². The number of aliphatic hydroxyl groups is 1. The summed E-state index contributed by atoms with van der Waals surface area (Å²) >= 11 is 3.41. The topological polar surface area (TPSA) is 82.4 Å². The molecule has 1 N–H and O–H groups in total. The summed E-state index contributed by atoms with van der Waals surface area (Å²) in [5.74, 6) is 0.0999. The van der Waals surface area contributed by atoms with Crippen LogP contribution in [0.3, 0.4) is 0 Å². The molecule has 1 saturated heterocycles. The van der Waals surface area contributed by atoms with E-state index in [-0.39, 0.29) is 54.9 Å².